The van der Waals surface area contributed by atoms with E-state index in [-0.39, 0.29) is 11.8 Å². The van der Waals surface area contributed by atoms with E-state index in [4.69, 9.17) is 16.3 Å². The van der Waals surface area contributed by atoms with E-state index in [1.165, 1.54) is 0 Å². The maximum Gasteiger partial charge on any atom is 0.224 e. The number of nitrogens with one attached hydrogen (secondary N) is 1. The topological polar surface area (TPSA) is 41.6 Å². The normalized spacial score (nSPS) is 17.5. The van der Waals surface area contributed by atoms with E-state index in [1.54, 1.807) is 0 Å². The van der Waals surface area contributed by atoms with Crippen molar-refractivity contribution in [3.05, 3.63) is 64.7 Å². The van der Waals surface area contributed by atoms with E-state index >= 15 is 0 Å². The van der Waals surface area contributed by atoms with Crippen molar-refractivity contribution in [3.8, 4) is 5.75 Å². The quantitative estimate of drug-likeness (QED) is 0.772. The molecule has 1 N–H and O–H groups in total. The van der Waals surface area contributed by atoms with Crippen LogP contribution in [0.2, 0.25) is 5.02 Å². The third kappa shape index (κ3) is 5.47. The zero-order chi connectivity index (χ0) is 19.1. The van der Waals surface area contributed by atoms with Crippen LogP contribution < -0.4 is 10.1 Å². The van der Waals surface area contributed by atoms with Crippen LogP contribution in [0, 0.1) is 5.92 Å². The van der Waals surface area contributed by atoms with Gasteiger partial charge < -0.3 is 10.1 Å². The number of carbonyl (C=O) groups excluding carboxylic acids is 1. The molecule has 0 spiro atoms. The van der Waals surface area contributed by atoms with Crippen LogP contribution in [0.4, 0.5) is 0 Å². The molecule has 1 aliphatic heterocycles. The largest absolute Gasteiger partial charge is 0.494 e. The van der Waals surface area contributed by atoms with Gasteiger partial charge in [-0.1, -0.05) is 48.0 Å². The zero-order valence-corrected chi connectivity index (χ0v) is 16.5. The lowest BCUT2D eigenvalue weighted by atomic mass is 9.96. The van der Waals surface area contributed by atoms with Crippen molar-refractivity contribution in [2.45, 2.75) is 32.9 Å². The summed E-state index contributed by atoms with van der Waals surface area (Å²) in [5, 5.41) is 3.88. The Labute approximate surface area is 166 Å². The summed E-state index contributed by atoms with van der Waals surface area (Å²) in [4.78, 5) is 15.0. The van der Waals surface area contributed by atoms with Crippen molar-refractivity contribution in [2.24, 2.45) is 5.92 Å². The molecule has 1 atom stereocenters. The number of nitrogens with zero attached hydrogens (tertiary/aromatic N) is 1. The maximum atomic E-state index is 12.7. The zero-order valence-electron chi connectivity index (χ0n) is 15.8. The van der Waals surface area contributed by atoms with Crippen LogP contribution in [0.5, 0.6) is 5.75 Å². The molecule has 2 aromatic carbocycles. The maximum absolute atomic E-state index is 12.7. The number of benzene rings is 2. The molecule has 0 saturated carbocycles. The summed E-state index contributed by atoms with van der Waals surface area (Å²) in [5.41, 5.74) is 2.13. The molecule has 1 aliphatic rings. The van der Waals surface area contributed by atoms with Crippen molar-refractivity contribution in [3.63, 3.8) is 0 Å². The first-order chi connectivity index (χ1) is 13.2. The molecule has 4 nitrogen and oxygen atoms in total. The van der Waals surface area contributed by atoms with Gasteiger partial charge in [-0.2, -0.15) is 0 Å². The third-order valence-corrected chi connectivity index (χ3v) is 5.32. The lowest BCUT2D eigenvalue weighted by Crippen LogP contribution is -2.42. The van der Waals surface area contributed by atoms with Gasteiger partial charge in [0, 0.05) is 30.2 Å². The van der Waals surface area contributed by atoms with Crippen LogP contribution in [-0.2, 0) is 17.9 Å². The van der Waals surface area contributed by atoms with Gasteiger partial charge in [0.05, 0.1) is 12.5 Å². The van der Waals surface area contributed by atoms with Gasteiger partial charge in [0.2, 0.25) is 5.91 Å². The van der Waals surface area contributed by atoms with Crippen LogP contribution in [0.25, 0.3) is 0 Å². The smallest absolute Gasteiger partial charge is 0.224 e. The van der Waals surface area contributed by atoms with Crippen LogP contribution in [-0.4, -0.2) is 30.5 Å². The average Bonchev–Trinajstić information content (AvgIpc) is 2.69. The first kappa shape index (κ1) is 19.7. The average molecular weight is 387 g/mol. The molecule has 5 heteroatoms. The fraction of sp³-hybridized carbons (Fsp3) is 0.409. The lowest BCUT2D eigenvalue weighted by molar-refractivity contribution is -0.126. The van der Waals surface area contributed by atoms with Crippen LogP contribution >= 0.6 is 11.6 Å². The van der Waals surface area contributed by atoms with E-state index < -0.39 is 0 Å². The van der Waals surface area contributed by atoms with E-state index in [1.807, 2.05) is 49.4 Å². The highest BCUT2D eigenvalue weighted by Crippen LogP contribution is 2.23. The molecule has 3 rings (SSSR count). The van der Waals surface area contributed by atoms with Gasteiger partial charge in [-0.05, 0) is 44.0 Å². The molecular weight excluding hydrogens is 360 g/mol. The van der Waals surface area contributed by atoms with Crippen LogP contribution in [0.3, 0.4) is 0 Å². The molecule has 27 heavy (non-hydrogen) atoms. The number of hydrogen-bond acceptors (Lipinski definition) is 3. The number of halogens is 1. The van der Waals surface area contributed by atoms with Gasteiger partial charge in [-0.15, -0.1) is 0 Å². The summed E-state index contributed by atoms with van der Waals surface area (Å²) in [6, 6.07) is 15.8. The molecule has 144 valence electrons. The van der Waals surface area contributed by atoms with Crippen LogP contribution in [0.1, 0.15) is 30.9 Å². The molecule has 0 radical (unpaired) electrons. The molecule has 1 fully saturated rings. The Kier molecular flexibility index (Phi) is 7.13. The van der Waals surface area contributed by atoms with Crippen molar-refractivity contribution in [1.82, 2.24) is 10.2 Å². The van der Waals surface area contributed by atoms with Crippen molar-refractivity contribution < 1.29 is 9.53 Å². The molecule has 0 bridgehead atoms. The third-order valence-electron chi connectivity index (χ3n) is 4.95. The highest BCUT2D eigenvalue weighted by atomic mass is 35.5. The number of likely N-dealkylation sites (tertiary alicyclic amines) is 1. The fourth-order valence-electron chi connectivity index (χ4n) is 3.55. The highest BCUT2D eigenvalue weighted by Gasteiger charge is 2.26. The molecule has 0 aliphatic carbocycles. The first-order valence-electron chi connectivity index (χ1n) is 9.61. The molecule has 1 amide bonds. The highest BCUT2D eigenvalue weighted by molar-refractivity contribution is 6.31. The Morgan fingerprint density at radius 2 is 1.93 bits per heavy atom. The number of piperidine rings is 1. The molecular formula is C22H27ClN2O2. The number of hydrogen-bond donors (Lipinski definition) is 1. The Morgan fingerprint density at radius 1 is 1.19 bits per heavy atom. The van der Waals surface area contributed by atoms with Gasteiger partial charge in [0.25, 0.3) is 0 Å². The number of ether oxygens (including phenoxy) is 1. The molecule has 0 unspecified atom stereocenters. The van der Waals surface area contributed by atoms with Crippen molar-refractivity contribution in [1.29, 1.82) is 0 Å². The molecule has 0 aromatic heterocycles. The van der Waals surface area contributed by atoms with Gasteiger partial charge in [-0.3, -0.25) is 9.69 Å². The first-order valence-corrected chi connectivity index (χ1v) is 9.99. The Morgan fingerprint density at radius 3 is 2.70 bits per heavy atom. The molecule has 1 saturated heterocycles. The van der Waals surface area contributed by atoms with E-state index in [2.05, 4.69) is 16.3 Å². The van der Waals surface area contributed by atoms with E-state index in [9.17, 15) is 4.79 Å². The van der Waals surface area contributed by atoms with Crippen molar-refractivity contribution >= 4 is 17.5 Å². The SMILES string of the molecule is CCOc1ccccc1CNC(=O)[C@H]1CCCN(Cc2ccccc2Cl)C1. The summed E-state index contributed by atoms with van der Waals surface area (Å²) in [6.07, 6.45) is 1.95. The van der Waals surface area contributed by atoms with Gasteiger partial charge in [-0.25, -0.2) is 0 Å². The predicted molar refractivity (Wildman–Crippen MR) is 109 cm³/mol. The molecule has 2 aromatic rings. The second kappa shape index (κ2) is 9.77. The number of carbonyl (C=O) groups is 1. The minimum absolute atomic E-state index is 0.0143. The molecule has 1 heterocycles. The van der Waals surface area contributed by atoms with Gasteiger partial charge >= 0.3 is 0 Å². The Balaban J connectivity index is 1.55. The second-order valence-corrected chi connectivity index (χ2v) is 7.33. The fourth-order valence-corrected chi connectivity index (χ4v) is 3.75. The van der Waals surface area contributed by atoms with Gasteiger partial charge in [0.15, 0.2) is 0 Å². The lowest BCUT2D eigenvalue weighted by Gasteiger charge is -2.32. The minimum Gasteiger partial charge on any atom is -0.494 e. The summed E-state index contributed by atoms with van der Waals surface area (Å²) < 4.78 is 5.64. The number of amides is 1. The summed E-state index contributed by atoms with van der Waals surface area (Å²) >= 11 is 6.28. The van der Waals surface area contributed by atoms with Gasteiger partial charge in [0.1, 0.15) is 5.75 Å². The standard InChI is InChI=1S/C22H27ClN2O2/c1-2-27-21-12-6-4-8-17(21)14-24-22(26)19-10-7-13-25(16-19)15-18-9-3-5-11-20(18)23/h3-6,8-9,11-12,19H,2,7,10,13-16H2,1H3,(H,24,26)/t19-/m0/s1. The second-order valence-electron chi connectivity index (χ2n) is 6.92. The number of para-hydroxylation sites is 1. The Bertz CT molecular complexity index is 765. The number of rotatable bonds is 7. The van der Waals surface area contributed by atoms with E-state index in [0.29, 0.717) is 13.2 Å². The predicted octanol–water partition coefficient (Wildman–Crippen LogP) is 4.27. The minimum atomic E-state index is 0.0143. The van der Waals surface area contributed by atoms with Crippen LogP contribution in [0.15, 0.2) is 48.5 Å². The van der Waals surface area contributed by atoms with E-state index in [0.717, 1.165) is 54.4 Å². The summed E-state index contributed by atoms with van der Waals surface area (Å²) in [5.74, 6) is 0.968. The summed E-state index contributed by atoms with van der Waals surface area (Å²) in [7, 11) is 0. The Hall–Kier alpha value is -2.04. The summed E-state index contributed by atoms with van der Waals surface area (Å²) in [6.45, 7) is 5.63. The monoisotopic (exact) mass is 386 g/mol. The van der Waals surface area contributed by atoms with Crippen molar-refractivity contribution in [2.75, 3.05) is 19.7 Å².